The van der Waals surface area contributed by atoms with Crippen LogP contribution in [0.1, 0.15) is 57.8 Å². The lowest BCUT2D eigenvalue weighted by atomic mass is 10.1. The van der Waals surface area contributed by atoms with Crippen molar-refractivity contribution in [2.75, 3.05) is 19.6 Å². The van der Waals surface area contributed by atoms with Crippen molar-refractivity contribution >= 4 is 11.0 Å². The zero-order valence-corrected chi connectivity index (χ0v) is 16.8. The third-order valence-corrected chi connectivity index (χ3v) is 5.99. The van der Waals surface area contributed by atoms with Gasteiger partial charge >= 0.3 is 0 Å². The van der Waals surface area contributed by atoms with E-state index in [1.807, 2.05) is 4.57 Å². The molecule has 2 aliphatic rings. The lowest BCUT2D eigenvalue weighted by Crippen LogP contribution is -2.37. The summed E-state index contributed by atoms with van der Waals surface area (Å²) in [6.45, 7) is 7.91. The Morgan fingerprint density at radius 1 is 1.32 bits per heavy atom. The standard InChI is InChI=1S/C21H30FN5O/c1-3-4-18(26-9-7-14(2)23-8-10-26)20-25-19-17(11-16(22)12-24-19)21(28)27(20)13-15-5-6-15/h11-12,14-15,18,23H,3-10,13H2,1-2H3/t14-,18?/m1/s1. The number of nitrogens with one attached hydrogen (secondary N) is 1. The summed E-state index contributed by atoms with van der Waals surface area (Å²) >= 11 is 0. The van der Waals surface area contributed by atoms with Crippen LogP contribution in [0.3, 0.4) is 0 Å². The highest BCUT2D eigenvalue weighted by atomic mass is 19.1. The maximum Gasteiger partial charge on any atom is 0.263 e. The van der Waals surface area contributed by atoms with E-state index >= 15 is 0 Å². The quantitative estimate of drug-likeness (QED) is 0.826. The molecule has 1 N–H and O–H groups in total. The van der Waals surface area contributed by atoms with E-state index in [0.717, 1.165) is 63.8 Å². The Bertz CT molecular complexity index is 894. The lowest BCUT2D eigenvalue weighted by Gasteiger charge is -2.31. The largest absolute Gasteiger partial charge is 0.313 e. The second-order valence-electron chi connectivity index (χ2n) is 8.34. The van der Waals surface area contributed by atoms with Gasteiger partial charge in [0.25, 0.3) is 5.56 Å². The Labute approximate surface area is 165 Å². The first-order valence-corrected chi connectivity index (χ1v) is 10.6. The summed E-state index contributed by atoms with van der Waals surface area (Å²) in [5.74, 6) is 0.847. The summed E-state index contributed by atoms with van der Waals surface area (Å²) in [7, 11) is 0. The number of aromatic nitrogens is 3. The van der Waals surface area contributed by atoms with Crippen LogP contribution in [0.4, 0.5) is 4.39 Å². The Hall–Kier alpha value is -1.86. The van der Waals surface area contributed by atoms with Gasteiger partial charge in [-0.15, -0.1) is 0 Å². The monoisotopic (exact) mass is 387 g/mol. The Kier molecular flexibility index (Phi) is 5.73. The van der Waals surface area contributed by atoms with Gasteiger partial charge in [0.2, 0.25) is 0 Å². The molecule has 0 radical (unpaired) electrons. The molecule has 2 atom stereocenters. The number of hydrogen-bond acceptors (Lipinski definition) is 5. The molecular formula is C21H30FN5O. The molecule has 2 aromatic rings. The second-order valence-corrected chi connectivity index (χ2v) is 8.34. The van der Waals surface area contributed by atoms with Crippen molar-refractivity contribution < 1.29 is 4.39 Å². The predicted octanol–water partition coefficient (Wildman–Crippen LogP) is 2.87. The molecule has 28 heavy (non-hydrogen) atoms. The fourth-order valence-corrected chi connectivity index (χ4v) is 4.17. The molecule has 2 aromatic heterocycles. The molecule has 1 unspecified atom stereocenters. The van der Waals surface area contributed by atoms with Crippen molar-refractivity contribution in [3.63, 3.8) is 0 Å². The molecule has 0 aromatic carbocycles. The predicted molar refractivity (Wildman–Crippen MR) is 108 cm³/mol. The molecule has 4 rings (SSSR count). The Morgan fingerprint density at radius 2 is 2.14 bits per heavy atom. The zero-order chi connectivity index (χ0) is 19.7. The normalized spacial score (nSPS) is 22.3. The number of rotatable bonds is 6. The molecule has 1 aliphatic heterocycles. The first-order chi connectivity index (χ1) is 13.6. The fourth-order valence-electron chi connectivity index (χ4n) is 4.17. The van der Waals surface area contributed by atoms with Crippen LogP contribution in [0, 0.1) is 11.7 Å². The second kappa shape index (κ2) is 8.25. The van der Waals surface area contributed by atoms with Crippen LogP contribution < -0.4 is 10.9 Å². The number of fused-ring (bicyclic) bond motifs is 1. The Balaban J connectivity index is 1.80. The van der Waals surface area contributed by atoms with Gasteiger partial charge in [-0.25, -0.2) is 14.4 Å². The highest BCUT2D eigenvalue weighted by Gasteiger charge is 2.30. The van der Waals surface area contributed by atoms with E-state index in [0.29, 0.717) is 24.2 Å². The van der Waals surface area contributed by atoms with Gasteiger partial charge in [-0.3, -0.25) is 14.3 Å². The smallest absolute Gasteiger partial charge is 0.263 e. The van der Waals surface area contributed by atoms with E-state index in [-0.39, 0.29) is 17.0 Å². The van der Waals surface area contributed by atoms with E-state index in [4.69, 9.17) is 4.98 Å². The molecule has 152 valence electrons. The summed E-state index contributed by atoms with van der Waals surface area (Å²) in [5, 5.41) is 3.83. The van der Waals surface area contributed by atoms with E-state index in [1.165, 1.54) is 6.07 Å². The van der Waals surface area contributed by atoms with Crippen LogP contribution >= 0.6 is 0 Å². The number of halogens is 1. The molecule has 6 nitrogen and oxygen atoms in total. The van der Waals surface area contributed by atoms with Crippen LogP contribution in [-0.2, 0) is 6.54 Å². The highest BCUT2D eigenvalue weighted by molar-refractivity contribution is 5.73. The van der Waals surface area contributed by atoms with E-state index < -0.39 is 5.82 Å². The molecule has 2 fully saturated rings. The topological polar surface area (TPSA) is 63.1 Å². The van der Waals surface area contributed by atoms with Crippen molar-refractivity contribution in [2.45, 2.75) is 64.6 Å². The van der Waals surface area contributed by atoms with Crippen LogP contribution in [0.2, 0.25) is 0 Å². The molecule has 7 heteroatoms. The van der Waals surface area contributed by atoms with Crippen molar-refractivity contribution in [3.8, 4) is 0 Å². The SMILES string of the molecule is CCCC(c1nc2ncc(F)cc2c(=O)n1CC1CC1)N1CCN[C@H](C)CC1. The van der Waals surface area contributed by atoms with Gasteiger partial charge in [0.1, 0.15) is 11.6 Å². The summed E-state index contributed by atoms with van der Waals surface area (Å²) in [6, 6.07) is 1.85. The van der Waals surface area contributed by atoms with Gasteiger partial charge in [-0.2, -0.15) is 0 Å². The fraction of sp³-hybridized carbons (Fsp3) is 0.667. The van der Waals surface area contributed by atoms with Crippen molar-refractivity contribution in [1.82, 2.24) is 24.8 Å². The summed E-state index contributed by atoms with van der Waals surface area (Å²) in [5.41, 5.74) is 0.206. The van der Waals surface area contributed by atoms with Crippen molar-refractivity contribution in [2.24, 2.45) is 5.92 Å². The van der Waals surface area contributed by atoms with Crippen LogP contribution in [-0.4, -0.2) is 45.1 Å². The Morgan fingerprint density at radius 3 is 2.89 bits per heavy atom. The summed E-state index contributed by atoms with van der Waals surface area (Å²) < 4.78 is 15.5. The number of pyridine rings is 1. The maximum absolute atomic E-state index is 13.7. The van der Waals surface area contributed by atoms with Gasteiger partial charge in [0.05, 0.1) is 17.6 Å². The number of hydrogen-bond donors (Lipinski definition) is 1. The maximum atomic E-state index is 13.7. The third-order valence-electron chi connectivity index (χ3n) is 5.99. The molecule has 0 bridgehead atoms. The summed E-state index contributed by atoms with van der Waals surface area (Å²) in [6.07, 6.45) is 6.47. The minimum atomic E-state index is -0.491. The average molecular weight is 388 g/mol. The van der Waals surface area contributed by atoms with E-state index in [1.54, 1.807) is 0 Å². The van der Waals surface area contributed by atoms with Gasteiger partial charge in [-0.1, -0.05) is 13.3 Å². The minimum absolute atomic E-state index is 0.0832. The summed E-state index contributed by atoms with van der Waals surface area (Å²) in [4.78, 5) is 24.7. The van der Waals surface area contributed by atoms with Crippen LogP contribution in [0.5, 0.6) is 0 Å². The van der Waals surface area contributed by atoms with Gasteiger partial charge in [-0.05, 0) is 44.6 Å². The molecular weight excluding hydrogens is 357 g/mol. The average Bonchev–Trinajstić information content (AvgIpc) is 3.51. The first kappa shape index (κ1) is 19.5. The minimum Gasteiger partial charge on any atom is -0.313 e. The van der Waals surface area contributed by atoms with Crippen molar-refractivity contribution in [3.05, 3.63) is 34.3 Å². The first-order valence-electron chi connectivity index (χ1n) is 10.6. The molecule has 1 aliphatic carbocycles. The molecule has 3 heterocycles. The van der Waals surface area contributed by atoms with Gasteiger partial charge < -0.3 is 5.32 Å². The van der Waals surface area contributed by atoms with Gasteiger partial charge in [0.15, 0.2) is 5.65 Å². The van der Waals surface area contributed by atoms with E-state index in [2.05, 4.69) is 29.0 Å². The van der Waals surface area contributed by atoms with Crippen LogP contribution in [0.25, 0.3) is 11.0 Å². The van der Waals surface area contributed by atoms with Crippen molar-refractivity contribution in [1.29, 1.82) is 0 Å². The molecule has 1 saturated carbocycles. The number of nitrogens with zero attached hydrogens (tertiary/aromatic N) is 4. The van der Waals surface area contributed by atoms with E-state index in [9.17, 15) is 9.18 Å². The van der Waals surface area contributed by atoms with Crippen LogP contribution in [0.15, 0.2) is 17.1 Å². The highest BCUT2D eigenvalue weighted by Crippen LogP contribution is 2.32. The lowest BCUT2D eigenvalue weighted by molar-refractivity contribution is 0.183. The molecule has 0 amide bonds. The zero-order valence-electron chi connectivity index (χ0n) is 16.8. The molecule has 1 saturated heterocycles. The third kappa shape index (κ3) is 4.10. The molecule has 0 spiro atoms. The van der Waals surface area contributed by atoms with Gasteiger partial charge in [0, 0.05) is 32.2 Å².